The quantitative estimate of drug-likeness (QED) is 0.879. The van der Waals surface area contributed by atoms with Crippen molar-refractivity contribution in [3.8, 4) is 0 Å². The molecular weight excluding hydrogens is 250 g/mol. The first kappa shape index (κ1) is 11.2. The Balaban J connectivity index is 1.86. The van der Waals surface area contributed by atoms with Crippen LogP contribution in [0.2, 0.25) is 0 Å². The van der Waals surface area contributed by atoms with Crippen molar-refractivity contribution in [1.29, 1.82) is 0 Å². The van der Waals surface area contributed by atoms with Gasteiger partial charge in [0.15, 0.2) is 0 Å². The third kappa shape index (κ3) is 2.82. The Kier molecular flexibility index (Phi) is 3.47. The van der Waals surface area contributed by atoms with Gasteiger partial charge in [-0.05, 0) is 36.5 Å². The Hall–Kier alpha value is -0.340. The van der Waals surface area contributed by atoms with Gasteiger partial charge in [-0.25, -0.2) is 0 Å². The summed E-state index contributed by atoms with van der Waals surface area (Å²) < 4.78 is 1.21. The molecule has 0 amide bonds. The second kappa shape index (κ2) is 4.67. The first-order valence-corrected chi connectivity index (χ1v) is 6.48. The molecule has 0 spiro atoms. The van der Waals surface area contributed by atoms with E-state index < -0.39 is 0 Å². The summed E-state index contributed by atoms with van der Waals surface area (Å²) in [5.74, 6) is 0.930. The standard InChI is InChI=1S/C13H18BrN/c1-3-11-7-13(11)15-8-10-5-4-9(2)12(14)6-10/h4-6,11,13,15H,3,7-8H2,1-2H3. The predicted octanol–water partition coefficient (Wildman–Crippen LogP) is 3.65. The van der Waals surface area contributed by atoms with Crippen LogP contribution in [0.25, 0.3) is 0 Å². The number of nitrogens with one attached hydrogen (secondary N) is 1. The molecule has 0 aliphatic heterocycles. The van der Waals surface area contributed by atoms with Crippen LogP contribution < -0.4 is 5.32 Å². The second-order valence-corrected chi connectivity index (χ2v) is 5.33. The zero-order valence-corrected chi connectivity index (χ0v) is 11.0. The fourth-order valence-electron chi connectivity index (χ4n) is 1.94. The Labute approximate surface area is 100 Å². The molecule has 1 nitrogen and oxygen atoms in total. The molecule has 1 aliphatic carbocycles. The molecule has 0 aromatic heterocycles. The topological polar surface area (TPSA) is 12.0 Å². The van der Waals surface area contributed by atoms with Crippen LogP contribution in [0.1, 0.15) is 30.9 Å². The highest BCUT2D eigenvalue weighted by Crippen LogP contribution is 2.33. The predicted molar refractivity (Wildman–Crippen MR) is 67.9 cm³/mol. The molecule has 1 aliphatic rings. The number of halogens is 1. The number of rotatable bonds is 4. The van der Waals surface area contributed by atoms with Crippen molar-refractivity contribution < 1.29 is 0 Å². The van der Waals surface area contributed by atoms with Gasteiger partial charge in [0, 0.05) is 17.1 Å². The fourth-order valence-corrected chi connectivity index (χ4v) is 2.37. The van der Waals surface area contributed by atoms with Gasteiger partial charge in [-0.1, -0.05) is 41.4 Å². The smallest absolute Gasteiger partial charge is 0.0208 e. The van der Waals surface area contributed by atoms with Crippen molar-refractivity contribution >= 4 is 15.9 Å². The molecule has 0 saturated heterocycles. The molecule has 2 rings (SSSR count). The van der Waals surface area contributed by atoms with Crippen LogP contribution in [0.3, 0.4) is 0 Å². The highest BCUT2D eigenvalue weighted by atomic mass is 79.9. The molecule has 2 atom stereocenters. The molecule has 15 heavy (non-hydrogen) atoms. The average Bonchev–Trinajstić information content (AvgIpc) is 2.98. The molecule has 1 N–H and O–H groups in total. The van der Waals surface area contributed by atoms with Crippen LogP contribution in [0.15, 0.2) is 22.7 Å². The normalized spacial score (nSPS) is 24.2. The maximum atomic E-state index is 3.60. The number of benzene rings is 1. The van der Waals surface area contributed by atoms with Gasteiger partial charge < -0.3 is 5.32 Å². The number of hydrogen-bond acceptors (Lipinski definition) is 1. The summed E-state index contributed by atoms with van der Waals surface area (Å²) in [5.41, 5.74) is 2.67. The summed E-state index contributed by atoms with van der Waals surface area (Å²) in [6.07, 6.45) is 2.68. The molecule has 0 heterocycles. The van der Waals surface area contributed by atoms with Crippen molar-refractivity contribution in [1.82, 2.24) is 5.32 Å². The molecule has 1 saturated carbocycles. The Morgan fingerprint density at radius 1 is 1.47 bits per heavy atom. The summed E-state index contributed by atoms with van der Waals surface area (Å²) in [4.78, 5) is 0. The van der Waals surface area contributed by atoms with Crippen molar-refractivity contribution in [2.75, 3.05) is 0 Å². The van der Waals surface area contributed by atoms with E-state index in [0.717, 1.165) is 18.5 Å². The van der Waals surface area contributed by atoms with Crippen LogP contribution in [-0.4, -0.2) is 6.04 Å². The van der Waals surface area contributed by atoms with Crippen LogP contribution in [-0.2, 0) is 6.54 Å². The maximum absolute atomic E-state index is 3.60. The largest absolute Gasteiger partial charge is 0.310 e. The van der Waals surface area contributed by atoms with Crippen molar-refractivity contribution in [3.05, 3.63) is 33.8 Å². The SMILES string of the molecule is CCC1CC1NCc1ccc(C)c(Br)c1. The van der Waals surface area contributed by atoms with Crippen molar-refractivity contribution in [2.24, 2.45) is 5.92 Å². The summed E-state index contributed by atoms with van der Waals surface area (Å²) in [6.45, 7) is 5.39. The van der Waals surface area contributed by atoms with Crippen molar-refractivity contribution in [2.45, 2.75) is 39.3 Å². The van der Waals surface area contributed by atoms with Gasteiger partial charge in [0.2, 0.25) is 0 Å². The van der Waals surface area contributed by atoms with E-state index in [1.165, 1.54) is 28.4 Å². The van der Waals surface area contributed by atoms with E-state index in [9.17, 15) is 0 Å². The van der Waals surface area contributed by atoms with E-state index in [4.69, 9.17) is 0 Å². The highest BCUT2D eigenvalue weighted by Gasteiger charge is 2.34. The van der Waals surface area contributed by atoms with Crippen molar-refractivity contribution in [3.63, 3.8) is 0 Å². The maximum Gasteiger partial charge on any atom is 0.0208 e. The minimum Gasteiger partial charge on any atom is -0.310 e. The van der Waals surface area contributed by atoms with Gasteiger partial charge in [-0.2, -0.15) is 0 Å². The van der Waals surface area contributed by atoms with Crippen LogP contribution in [0.5, 0.6) is 0 Å². The lowest BCUT2D eigenvalue weighted by Crippen LogP contribution is -2.17. The van der Waals surface area contributed by atoms with Gasteiger partial charge in [0.1, 0.15) is 0 Å². The molecule has 0 radical (unpaired) electrons. The van der Waals surface area contributed by atoms with Gasteiger partial charge >= 0.3 is 0 Å². The summed E-state index contributed by atoms with van der Waals surface area (Å²) in [6, 6.07) is 7.36. The Morgan fingerprint density at radius 3 is 2.87 bits per heavy atom. The van der Waals surface area contributed by atoms with E-state index in [-0.39, 0.29) is 0 Å². The molecule has 1 fully saturated rings. The molecule has 82 valence electrons. The zero-order chi connectivity index (χ0) is 10.8. The summed E-state index contributed by atoms with van der Waals surface area (Å²) in [7, 11) is 0. The lowest BCUT2D eigenvalue weighted by Gasteiger charge is -2.06. The Morgan fingerprint density at radius 2 is 2.27 bits per heavy atom. The molecule has 0 bridgehead atoms. The third-order valence-electron chi connectivity index (χ3n) is 3.25. The van der Waals surface area contributed by atoms with Gasteiger partial charge in [-0.3, -0.25) is 0 Å². The first-order chi connectivity index (χ1) is 7.20. The first-order valence-electron chi connectivity index (χ1n) is 5.69. The number of aryl methyl sites for hydroxylation is 1. The van der Waals surface area contributed by atoms with Gasteiger partial charge in [0.05, 0.1) is 0 Å². The van der Waals surface area contributed by atoms with E-state index in [2.05, 4.69) is 53.3 Å². The van der Waals surface area contributed by atoms with Gasteiger partial charge in [-0.15, -0.1) is 0 Å². The lowest BCUT2D eigenvalue weighted by molar-refractivity contribution is 0.623. The van der Waals surface area contributed by atoms with E-state index in [0.29, 0.717) is 0 Å². The molecule has 2 heteroatoms. The van der Waals surface area contributed by atoms with Crippen LogP contribution in [0, 0.1) is 12.8 Å². The summed E-state index contributed by atoms with van der Waals surface area (Å²) in [5, 5.41) is 3.60. The van der Waals surface area contributed by atoms with Crippen LogP contribution >= 0.6 is 15.9 Å². The Bertz CT molecular complexity index is 348. The molecular formula is C13H18BrN. The minimum absolute atomic E-state index is 0.773. The highest BCUT2D eigenvalue weighted by molar-refractivity contribution is 9.10. The lowest BCUT2D eigenvalue weighted by atomic mass is 10.1. The second-order valence-electron chi connectivity index (χ2n) is 4.47. The molecule has 2 unspecified atom stereocenters. The molecule has 1 aromatic rings. The fraction of sp³-hybridized carbons (Fsp3) is 0.538. The number of hydrogen-bond donors (Lipinski definition) is 1. The summed E-state index contributed by atoms with van der Waals surface area (Å²) >= 11 is 3.57. The third-order valence-corrected chi connectivity index (χ3v) is 4.11. The van der Waals surface area contributed by atoms with Crippen LogP contribution in [0.4, 0.5) is 0 Å². The zero-order valence-electron chi connectivity index (χ0n) is 9.39. The minimum atomic E-state index is 0.773. The monoisotopic (exact) mass is 267 g/mol. The van der Waals surface area contributed by atoms with E-state index >= 15 is 0 Å². The van der Waals surface area contributed by atoms with Gasteiger partial charge in [0.25, 0.3) is 0 Å². The average molecular weight is 268 g/mol. The van der Waals surface area contributed by atoms with E-state index in [1.54, 1.807) is 0 Å². The van der Waals surface area contributed by atoms with E-state index in [1.807, 2.05) is 0 Å². The molecule has 1 aromatic carbocycles.